The average molecular weight is 311 g/mol. The van der Waals surface area contributed by atoms with Gasteiger partial charge < -0.3 is 4.74 Å². The maximum absolute atomic E-state index is 5.21. The van der Waals surface area contributed by atoms with Crippen molar-refractivity contribution in [3.63, 3.8) is 0 Å². The standard InChI is InChI=1S/C17H17N3OS/c1-21-15-10-8-14(9-11-15)16-18-17(22-2)19-20(16)12-13-6-4-3-5-7-13/h3-11H,12H2,1-2H3. The minimum Gasteiger partial charge on any atom is -0.497 e. The van der Waals surface area contributed by atoms with Gasteiger partial charge in [-0.2, -0.15) is 0 Å². The molecule has 112 valence electrons. The van der Waals surface area contributed by atoms with Gasteiger partial charge in [0.15, 0.2) is 5.82 Å². The van der Waals surface area contributed by atoms with Crippen molar-refractivity contribution in [2.24, 2.45) is 0 Å². The molecule has 0 bridgehead atoms. The van der Waals surface area contributed by atoms with E-state index in [2.05, 4.69) is 22.2 Å². The predicted octanol–water partition coefficient (Wildman–Crippen LogP) is 3.72. The van der Waals surface area contributed by atoms with Crippen molar-refractivity contribution in [2.45, 2.75) is 11.7 Å². The molecule has 3 rings (SSSR count). The van der Waals surface area contributed by atoms with Crippen molar-refractivity contribution in [1.82, 2.24) is 14.8 Å². The summed E-state index contributed by atoms with van der Waals surface area (Å²) in [5.74, 6) is 1.71. The van der Waals surface area contributed by atoms with Gasteiger partial charge in [0.25, 0.3) is 0 Å². The summed E-state index contributed by atoms with van der Waals surface area (Å²) in [5, 5.41) is 5.36. The Balaban J connectivity index is 1.97. The molecule has 1 heterocycles. The zero-order valence-electron chi connectivity index (χ0n) is 12.6. The smallest absolute Gasteiger partial charge is 0.208 e. The third kappa shape index (κ3) is 3.14. The topological polar surface area (TPSA) is 39.9 Å². The molecule has 5 heteroatoms. The van der Waals surface area contributed by atoms with Gasteiger partial charge >= 0.3 is 0 Å². The van der Waals surface area contributed by atoms with Crippen LogP contribution >= 0.6 is 11.8 Å². The Kier molecular flexibility index (Phi) is 4.44. The first-order chi connectivity index (χ1) is 10.8. The van der Waals surface area contributed by atoms with Crippen LogP contribution in [0.5, 0.6) is 5.75 Å². The molecule has 0 aliphatic carbocycles. The van der Waals surface area contributed by atoms with Gasteiger partial charge in [-0.3, -0.25) is 0 Å². The summed E-state index contributed by atoms with van der Waals surface area (Å²) in [5.41, 5.74) is 2.24. The van der Waals surface area contributed by atoms with Crippen LogP contribution in [0, 0.1) is 0 Å². The Morgan fingerprint density at radius 1 is 1.05 bits per heavy atom. The van der Waals surface area contributed by atoms with Gasteiger partial charge in [-0.05, 0) is 36.1 Å². The molecule has 0 spiro atoms. The number of hydrogen-bond acceptors (Lipinski definition) is 4. The Hall–Kier alpha value is -2.27. The van der Waals surface area contributed by atoms with Crippen LogP contribution in [-0.4, -0.2) is 28.1 Å². The zero-order valence-corrected chi connectivity index (χ0v) is 13.4. The number of hydrogen-bond donors (Lipinski definition) is 0. The Labute approximate surface area is 134 Å². The van der Waals surface area contributed by atoms with Crippen molar-refractivity contribution >= 4 is 11.8 Å². The van der Waals surface area contributed by atoms with Crippen LogP contribution in [0.25, 0.3) is 11.4 Å². The quantitative estimate of drug-likeness (QED) is 0.673. The van der Waals surface area contributed by atoms with Gasteiger partial charge in [0.05, 0.1) is 13.7 Å². The first-order valence-electron chi connectivity index (χ1n) is 6.97. The van der Waals surface area contributed by atoms with E-state index in [0.29, 0.717) is 6.54 Å². The molecule has 1 aromatic heterocycles. The van der Waals surface area contributed by atoms with Gasteiger partial charge in [-0.15, -0.1) is 5.10 Å². The van der Waals surface area contributed by atoms with Crippen molar-refractivity contribution in [1.29, 1.82) is 0 Å². The highest BCUT2D eigenvalue weighted by Crippen LogP contribution is 2.23. The van der Waals surface area contributed by atoms with Crippen LogP contribution < -0.4 is 4.74 Å². The number of ether oxygens (including phenoxy) is 1. The normalized spacial score (nSPS) is 10.6. The Bertz CT molecular complexity index is 738. The van der Waals surface area contributed by atoms with E-state index >= 15 is 0 Å². The van der Waals surface area contributed by atoms with Crippen molar-refractivity contribution in [2.75, 3.05) is 13.4 Å². The lowest BCUT2D eigenvalue weighted by molar-refractivity contribution is 0.415. The predicted molar refractivity (Wildman–Crippen MR) is 89.3 cm³/mol. The molecule has 0 atom stereocenters. The van der Waals surface area contributed by atoms with Crippen LogP contribution in [-0.2, 0) is 6.54 Å². The van der Waals surface area contributed by atoms with Crippen LogP contribution in [0.15, 0.2) is 59.8 Å². The molecule has 0 unspecified atom stereocenters. The lowest BCUT2D eigenvalue weighted by Gasteiger charge is -2.07. The van der Waals surface area contributed by atoms with E-state index in [0.717, 1.165) is 22.3 Å². The minimum absolute atomic E-state index is 0.704. The molecule has 0 radical (unpaired) electrons. The second-order valence-corrected chi connectivity index (χ2v) is 5.57. The highest BCUT2D eigenvalue weighted by atomic mass is 32.2. The van der Waals surface area contributed by atoms with E-state index in [9.17, 15) is 0 Å². The maximum Gasteiger partial charge on any atom is 0.208 e. The third-order valence-corrected chi connectivity index (χ3v) is 3.90. The number of methoxy groups -OCH3 is 1. The molecule has 0 aliphatic heterocycles. The van der Waals surface area contributed by atoms with Gasteiger partial charge in [-0.1, -0.05) is 42.1 Å². The maximum atomic E-state index is 5.21. The van der Waals surface area contributed by atoms with Gasteiger partial charge in [0.1, 0.15) is 5.75 Å². The Morgan fingerprint density at radius 2 is 1.77 bits per heavy atom. The summed E-state index contributed by atoms with van der Waals surface area (Å²) < 4.78 is 7.16. The van der Waals surface area contributed by atoms with Crippen LogP contribution in [0.1, 0.15) is 5.56 Å². The van der Waals surface area contributed by atoms with E-state index in [-0.39, 0.29) is 0 Å². The van der Waals surface area contributed by atoms with Crippen LogP contribution in [0.2, 0.25) is 0 Å². The van der Waals surface area contributed by atoms with E-state index in [4.69, 9.17) is 4.74 Å². The SMILES string of the molecule is COc1ccc(-c2nc(SC)nn2Cc2ccccc2)cc1. The number of thioether (sulfide) groups is 1. The van der Waals surface area contributed by atoms with Gasteiger partial charge in [0.2, 0.25) is 5.16 Å². The zero-order chi connectivity index (χ0) is 15.4. The monoisotopic (exact) mass is 311 g/mol. The van der Waals surface area contributed by atoms with E-state index < -0.39 is 0 Å². The molecule has 3 aromatic rings. The Morgan fingerprint density at radius 3 is 2.41 bits per heavy atom. The van der Waals surface area contributed by atoms with E-state index in [1.165, 1.54) is 5.56 Å². The molecule has 0 aliphatic rings. The molecule has 4 nitrogen and oxygen atoms in total. The molecule has 0 fully saturated rings. The largest absolute Gasteiger partial charge is 0.497 e. The second-order valence-electron chi connectivity index (χ2n) is 4.79. The molecule has 0 N–H and O–H groups in total. The number of aromatic nitrogens is 3. The number of benzene rings is 2. The number of nitrogens with zero attached hydrogens (tertiary/aromatic N) is 3. The summed E-state index contributed by atoms with van der Waals surface area (Å²) in [6.07, 6.45) is 1.99. The highest BCUT2D eigenvalue weighted by Gasteiger charge is 2.12. The molecular formula is C17H17N3OS. The third-order valence-electron chi connectivity index (χ3n) is 3.36. The average Bonchev–Trinajstić information content (AvgIpc) is 2.99. The van der Waals surface area contributed by atoms with Crippen molar-refractivity contribution in [3.05, 3.63) is 60.2 Å². The summed E-state index contributed by atoms with van der Waals surface area (Å²) in [6, 6.07) is 18.2. The first kappa shape index (κ1) is 14.7. The molecule has 2 aromatic carbocycles. The molecule has 0 saturated heterocycles. The molecule has 22 heavy (non-hydrogen) atoms. The number of rotatable bonds is 5. The molecule has 0 amide bonds. The van der Waals surface area contributed by atoms with Gasteiger partial charge in [-0.25, -0.2) is 9.67 Å². The minimum atomic E-state index is 0.704. The van der Waals surface area contributed by atoms with Crippen LogP contribution in [0.4, 0.5) is 0 Å². The van der Waals surface area contributed by atoms with Crippen molar-refractivity contribution < 1.29 is 4.74 Å². The fourth-order valence-electron chi connectivity index (χ4n) is 2.23. The van der Waals surface area contributed by atoms with Crippen molar-refractivity contribution in [3.8, 4) is 17.1 Å². The highest BCUT2D eigenvalue weighted by molar-refractivity contribution is 7.98. The summed E-state index contributed by atoms with van der Waals surface area (Å²) in [6.45, 7) is 0.704. The molecular weight excluding hydrogens is 294 g/mol. The molecule has 0 saturated carbocycles. The van der Waals surface area contributed by atoms with E-state index in [1.54, 1.807) is 18.9 Å². The summed E-state index contributed by atoms with van der Waals surface area (Å²) in [4.78, 5) is 4.62. The lowest BCUT2D eigenvalue weighted by atomic mass is 10.2. The van der Waals surface area contributed by atoms with Gasteiger partial charge in [0, 0.05) is 5.56 Å². The fraction of sp³-hybridized carbons (Fsp3) is 0.176. The lowest BCUT2D eigenvalue weighted by Crippen LogP contribution is -2.04. The van der Waals surface area contributed by atoms with E-state index in [1.807, 2.05) is 53.4 Å². The second kappa shape index (κ2) is 6.66. The fourth-order valence-corrected chi connectivity index (χ4v) is 2.59. The van der Waals surface area contributed by atoms with Crippen LogP contribution in [0.3, 0.4) is 0 Å². The summed E-state index contributed by atoms with van der Waals surface area (Å²) in [7, 11) is 1.67. The first-order valence-corrected chi connectivity index (χ1v) is 8.20. The summed E-state index contributed by atoms with van der Waals surface area (Å²) >= 11 is 1.55.